The van der Waals surface area contributed by atoms with Crippen LogP contribution in [0.4, 0.5) is 0 Å². The van der Waals surface area contributed by atoms with E-state index in [1.807, 2.05) is 0 Å². The highest BCUT2D eigenvalue weighted by Crippen LogP contribution is 2.26. The summed E-state index contributed by atoms with van der Waals surface area (Å²) in [5.41, 5.74) is 0. The van der Waals surface area contributed by atoms with E-state index in [-0.39, 0.29) is 0 Å². The Hall–Kier alpha value is -0.0800. The maximum Gasteiger partial charge on any atom is 0.00385 e. The molecule has 0 aliphatic carbocycles. The van der Waals surface area contributed by atoms with Crippen molar-refractivity contribution in [2.24, 2.45) is 17.8 Å². The Kier molecular flexibility index (Phi) is 5.08. The standard InChI is InChI=1S/C16H32N2/c1-13(2)16-11-17(12-16)8-5-15-6-9-18(10-7-15)14(3)4/h13-16H,5-12H2,1-4H3. The molecule has 0 saturated carbocycles. The summed E-state index contributed by atoms with van der Waals surface area (Å²) >= 11 is 0. The smallest absolute Gasteiger partial charge is 0.00385 e. The van der Waals surface area contributed by atoms with E-state index in [2.05, 4.69) is 37.5 Å². The van der Waals surface area contributed by atoms with Crippen LogP contribution in [0.25, 0.3) is 0 Å². The molecule has 2 nitrogen and oxygen atoms in total. The van der Waals surface area contributed by atoms with Gasteiger partial charge in [-0.1, -0.05) is 13.8 Å². The van der Waals surface area contributed by atoms with Crippen LogP contribution in [0.1, 0.15) is 47.0 Å². The van der Waals surface area contributed by atoms with Crippen LogP contribution in [0.15, 0.2) is 0 Å². The summed E-state index contributed by atoms with van der Waals surface area (Å²) in [7, 11) is 0. The van der Waals surface area contributed by atoms with E-state index < -0.39 is 0 Å². The quantitative estimate of drug-likeness (QED) is 0.742. The normalized spacial score (nSPS) is 25.0. The van der Waals surface area contributed by atoms with Gasteiger partial charge in [0, 0.05) is 19.1 Å². The lowest BCUT2D eigenvalue weighted by molar-refractivity contribution is 0.0565. The van der Waals surface area contributed by atoms with Gasteiger partial charge in [-0.2, -0.15) is 0 Å². The number of nitrogens with zero attached hydrogens (tertiary/aromatic N) is 2. The van der Waals surface area contributed by atoms with Gasteiger partial charge in [-0.25, -0.2) is 0 Å². The molecule has 0 aromatic carbocycles. The van der Waals surface area contributed by atoms with E-state index >= 15 is 0 Å². The van der Waals surface area contributed by atoms with Gasteiger partial charge in [0.2, 0.25) is 0 Å². The first-order valence-electron chi connectivity index (χ1n) is 8.02. The van der Waals surface area contributed by atoms with Crippen LogP contribution < -0.4 is 0 Å². The van der Waals surface area contributed by atoms with E-state index in [9.17, 15) is 0 Å². The van der Waals surface area contributed by atoms with Gasteiger partial charge >= 0.3 is 0 Å². The van der Waals surface area contributed by atoms with Crippen LogP contribution in [0, 0.1) is 17.8 Å². The summed E-state index contributed by atoms with van der Waals surface area (Å²) in [5.74, 6) is 2.86. The van der Waals surface area contributed by atoms with E-state index in [0.717, 1.165) is 23.8 Å². The van der Waals surface area contributed by atoms with E-state index in [1.54, 1.807) is 0 Å². The fourth-order valence-corrected chi connectivity index (χ4v) is 3.34. The average molecular weight is 252 g/mol. The number of likely N-dealkylation sites (tertiary alicyclic amines) is 2. The highest BCUT2D eigenvalue weighted by Gasteiger charge is 2.29. The van der Waals surface area contributed by atoms with Crippen LogP contribution in [0.5, 0.6) is 0 Å². The van der Waals surface area contributed by atoms with Gasteiger partial charge in [0.25, 0.3) is 0 Å². The van der Waals surface area contributed by atoms with Gasteiger partial charge in [-0.15, -0.1) is 0 Å². The second-order valence-electron chi connectivity index (χ2n) is 7.13. The van der Waals surface area contributed by atoms with E-state index in [4.69, 9.17) is 0 Å². The number of piperidine rings is 1. The third kappa shape index (κ3) is 3.71. The van der Waals surface area contributed by atoms with Gasteiger partial charge in [-0.3, -0.25) is 0 Å². The Labute approximate surface area is 114 Å². The van der Waals surface area contributed by atoms with Crippen LogP contribution in [-0.2, 0) is 0 Å². The van der Waals surface area contributed by atoms with Gasteiger partial charge in [-0.05, 0) is 70.5 Å². The van der Waals surface area contributed by atoms with Crippen LogP contribution in [-0.4, -0.2) is 48.6 Å². The largest absolute Gasteiger partial charge is 0.303 e. The van der Waals surface area contributed by atoms with Gasteiger partial charge in [0.15, 0.2) is 0 Å². The first-order chi connectivity index (χ1) is 8.56. The topological polar surface area (TPSA) is 6.48 Å². The predicted octanol–water partition coefficient (Wildman–Crippen LogP) is 3.08. The molecule has 2 aliphatic heterocycles. The molecular weight excluding hydrogens is 220 g/mol. The van der Waals surface area contributed by atoms with Crippen molar-refractivity contribution in [2.75, 3.05) is 32.7 Å². The molecule has 2 heteroatoms. The van der Waals surface area contributed by atoms with E-state index in [1.165, 1.54) is 52.0 Å². The molecule has 2 aliphatic rings. The minimum atomic E-state index is 0.744. The molecule has 0 atom stereocenters. The Morgan fingerprint density at radius 3 is 2.11 bits per heavy atom. The predicted molar refractivity (Wildman–Crippen MR) is 78.8 cm³/mol. The van der Waals surface area contributed by atoms with Crippen molar-refractivity contribution < 1.29 is 0 Å². The molecule has 0 unspecified atom stereocenters. The molecular formula is C16H32N2. The molecule has 0 aromatic rings. The highest BCUT2D eigenvalue weighted by molar-refractivity contribution is 4.83. The van der Waals surface area contributed by atoms with Gasteiger partial charge < -0.3 is 9.80 Å². The lowest BCUT2D eigenvalue weighted by Crippen LogP contribution is -2.49. The number of rotatable bonds is 5. The molecule has 2 heterocycles. The third-order valence-electron chi connectivity index (χ3n) is 5.16. The Balaban J connectivity index is 1.57. The molecule has 0 radical (unpaired) electrons. The van der Waals surface area contributed by atoms with Crippen molar-refractivity contribution >= 4 is 0 Å². The summed E-state index contributed by atoms with van der Waals surface area (Å²) in [6, 6.07) is 0.744. The molecule has 2 fully saturated rings. The fourth-order valence-electron chi connectivity index (χ4n) is 3.34. The monoisotopic (exact) mass is 252 g/mol. The first kappa shape index (κ1) is 14.3. The molecule has 0 N–H and O–H groups in total. The van der Waals surface area contributed by atoms with Crippen LogP contribution >= 0.6 is 0 Å². The summed E-state index contributed by atoms with van der Waals surface area (Å²) < 4.78 is 0. The summed E-state index contributed by atoms with van der Waals surface area (Å²) in [6.45, 7) is 16.1. The minimum Gasteiger partial charge on any atom is -0.303 e. The lowest BCUT2D eigenvalue weighted by Gasteiger charge is -2.43. The minimum absolute atomic E-state index is 0.744. The SMILES string of the molecule is CC(C)C1CN(CCC2CCN(C(C)C)CC2)C1. The average Bonchev–Trinajstić information content (AvgIpc) is 2.27. The van der Waals surface area contributed by atoms with Crippen molar-refractivity contribution in [1.82, 2.24) is 9.80 Å². The molecule has 106 valence electrons. The molecule has 2 saturated heterocycles. The Bertz CT molecular complexity index is 235. The second-order valence-corrected chi connectivity index (χ2v) is 7.13. The number of hydrogen-bond donors (Lipinski definition) is 0. The number of hydrogen-bond acceptors (Lipinski definition) is 2. The maximum atomic E-state index is 2.67. The zero-order chi connectivity index (χ0) is 13.1. The van der Waals surface area contributed by atoms with Crippen molar-refractivity contribution in [3.63, 3.8) is 0 Å². The third-order valence-corrected chi connectivity index (χ3v) is 5.16. The van der Waals surface area contributed by atoms with Crippen molar-refractivity contribution in [2.45, 2.75) is 53.0 Å². The zero-order valence-corrected chi connectivity index (χ0v) is 12.9. The summed E-state index contributed by atoms with van der Waals surface area (Å²) in [4.78, 5) is 5.30. The second kappa shape index (κ2) is 6.38. The van der Waals surface area contributed by atoms with Crippen LogP contribution in [0.3, 0.4) is 0 Å². The fraction of sp³-hybridized carbons (Fsp3) is 1.00. The first-order valence-corrected chi connectivity index (χ1v) is 8.02. The maximum absolute atomic E-state index is 2.67. The van der Waals surface area contributed by atoms with Crippen LogP contribution in [0.2, 0.25) is 0 Å². The Morgan fingerprint density at radius 1 is 1.00 bits per heavy atom. The summed E-state index contributed by atoms with van der Waals surface area (Å²) in [6.07, 6.45) is 4.30. The molecule has 18 heavy (non-hydrogen) atoms. The van der Waals surface area contributed by atoms with Crippen molar-refractivity contribution in [3.8, 4) is 0 Å². The molecule has 0 aromatic heterocycles. The molecule has 2 rings (SSSR count). The van der Waals surface area contributed by atoms with Gasteiger partial charge in [0.05, 0.1) is 0 Å². The zero-order valence-electron chi connectivity index (χ0n) is 12.9. The lowest BCUT2D eigenvalue weighted by atomic mass is 9.87. The van der Waals surface area contributed by atoms with Crippen molar-refractivity contribution in [1.29, 1.82) is 0 Å². The highest BCUT2D eigenvalue weighted by atomic mass is 15.2. The molecule has 0 bridgehead atoms. The van der Waals surface area contributed by atoms with Gasteiger partial charge in [0.1, 0.15) is 0 Å². The molecule has 0 spiro atoms. The molecule has 0 amide bonds. The van der Waals surface area contributed by atoms with E-state index in [0.29, 0.717) is 0 Å². The summed E-state index contributed by atoms with van der Waals surface area (Å²) in [5, 5.41) is 0. The van der Waals surface area contributed by atoms with Crippen molar-refractivity contribution in [3.05, 3.63) is 0 Å². The Morgan fingerprint density at radius 2 is 1.61 bits per heavy atom.